The highest BCUT2D eigenvalue weighted by Gasteiger charge is 2.41. The zero-order valence-corrected chi connectivity index (χ0v) is 14.2. The quantitative estimate of drug-likeness (QED) is 0.686. The average molecular weight is 384 g/mol. The summed E-state index contributed by atoms with van der Waals surface area (Å²) in [6.07, 6.45) is 3.44. The predicted octanol–water partition coefficient (Wildman–Crippen LogP) is 2.83. The fourth-order valence-corrected chi connectivity index (χ4v) is 2.77. The van der Waals surface area contributed by atoms with E-state index in [2.05, 4.69) is 20.1 Å². The lowest BCUT2D eigenvalue weighted by Gasteiger charge is -2.34. The first-order valence-electron chi connectivity index (χ1n) is 7.49. The van der Waals surface area contributed by atoms with E-state index in [4.69, 9.17) is 11.6 Å². The van der Waals surface area contributed by atoms with Gasteiger partial charge < -0.3 is 5.11 Å². The lowest BCUT2D eigenvalue weighted by molar-refractivity contribution is -0.0136. The fourth-order valence-electron chi connectivity index (χ4n) is 2.64. The van der Waals surface area contributed by atoms with E-state index in [0.29, 0.717) is 6.07 Å². The average Bonchev–Trinajstić information content (AvgIpc) is 3.09. The molecule has 136 valence electrons. The van der Waals surface area contributed by atoms with E-state index in [-0.39, 0.29) is 17.9 Å². The highest BCUT2D eigenvalue weighted by atomic mass is 35.5. The fraction of sp³-hybridized carbons (Fsp3) is 0.250. The van der Waals surface area contributed by atoms with Gasteiger partial charge in [0.1, 0.15) is 35.7 Å². The number of hydrogen-bond acceptors (Lipinski definition) is 5. The van der Waals surface area contributed by atoms with Crippen molar-refractivity contribution in [3.8, 4) is 0 Å². The number of aromatic nitrogens is 5. The molecule has 0 saturated carbocycles. The van der Waals surface area contributed by atoms with Gasteiger partial charge in [-0.15, -0.1) is 0 Å². The van der Waals surface area contributed by atoms with Gasteiger partial charge in [0, 0.05) is 11.6 Å². The molecule has 0 bridgehead atoms. The van der Waals surface area contributed by atoms with Crippen LogP contribution in [0.3, 0.4) is 0 Å². The van der Waals surface area contributed by atoms with Crippen LogP contribution in [0.5, 0.6) is 0 Å². The predicted molar refractivity (Wildman–Crippen MR) is 85.7 cm³/mol. The summed E-state index contributed by atoms with van der Waals surface area (Å²) >= 11 is 5.69. The SMILES string of the molecule is C[C@@H](c1ncc(F)c(Cl)n1)[C@@](O)(Cn1cncn1)c1ccc(F)cc1F. The smallest absolute Gasteiger partial charge is 0.178 e. The van der Waals surface area contributed by atoms with E-state index >= 15 is 0 Å². The number of hydrogen-bond donors (Lipinski definition) is 1. The number of aliphatic hydroxyl groups is 1. The van der Waals surface area contributed by atoms with Gasteiger partial charge in [-0.1, -0.05) is 24.6 Å². The van der Waals surface area contributed by atoms with Gasteiger partial charge in [0.2, 0.25) is 0 Å². The number of rotatable bonds is 5. The molecule has 0 aliphatic heterocycles. The summed E-state index contributed by atoms with van der Waals surface area (Å²) in [6.45, 7) is 1.29. The summed E-state index contributed by atoms with van der Waals surface area (Å²) in [5, 5.41) is 14.8. The Kier molecular flexibility index (Phi) is 4.92. The number of nitrogens with zero attached hydrogens (tertiary/aromatic N) is 5. The Morgan fingerprint density at radius 1 is 1.27 bits per heavy atom. The molecule has 10 heteroatoms. The molecule has 0 aliphatic rings. The van der Waals surface area contributed by atoms with Gasteiger partial charge in [-0.05, 0) is 6.07 Å². The molecule has 6 nitrogen and oxygen atoms in total. The van der Waals surface area contributed by atoms with Crippen LogP contribution in [-0.4, -0.2) is 29.8 Å². The van der Waals surface area contributed by atoms with Gasteiger partial charge in [-0.3, -0.25) is 0 Å². The molecule has 1 aromatic carbocycles. The van der Waals surface area contributed by atoms with Crippen LogP contribution in [0.4, 0.5) is 13.2 Å². The molecule has 0 spiro atoms. The molecule has 0 unspecified atom stereocenters. The van der Waals surface area contributed by atoms with Gasteiger partial charge in [-0.2, -0.15) is 5.10 Å². The maximum absolute atomic E-state index is 14.4. The van der Waals surface area contributed by atoms with Gasteiger partial charge in [-0.25, -0.2) is 32.8 Å². The minimum absolute atomic E-state index is 0.0114. The van der Waals surface area contributed by atoms with Gasteiger partial charge >= 0.3 is 0 Å². The molecular weight excluding hydrogens is 371 g/mol. The first-order chi connectivity index (χ1) is 12.3. The number of halogens is 4. The molecule has 0 aliphatic carbocycles. The van der Waals surface area contributed by atoms with Crippen LogP contribution >= 0.6 is 11.6 Å². The standard InChI is InChI=1S/C16H13ClF3N5O/c1-9(15-22-5-13(20)14(17)24-15)16(26,6-25-8-21-7-23-25)11-3-2-10(18)4-12(11)19/h2-5,7-9,26H,6H2,1H3/t9-,16-/m0/s1. The first-order valence-corrected chi connectivity index (χ1v) is 7.87. The van der Waals surface area contributed by atoms with E-state index in [9.17, 15) is 18.3 Å². The van der Waals surface area contributed by atoms with Gasteiger partial charge in [0.25, 0.3) is 0 Å². The summed E-state index contributed by atoms with van der Waals surface area (Å²) in [5.41, 5.74) is -2.13. The second kappa shape index (κ2) is 7.00. The Morgan fingerprint density at radius 2 is 2.04 bits per heavy atom. The molecule has 3 aromatic rings. The van der Waals surface area contributed by atoms with Crippen LogP contribution in [0.25, 0.3) is 0 Å². The van der Waals surface area contributed by atoms with E-state index in [1.807, 2.05) is 0 Å². The zero-order chi connectivity index (χ0) is 18.9. The topological polar surface area (TPSA) is 76.7 Å². The van der Waals surface area contributed by atoms with Crippen LogP contribution in [0.15, 0.2) is 37.1 Å². The molecule has 3 rings (SSSR count). The van der Waals surface area contributed by atoms with Crippen molar-refractivity contribution in [1.82, 2.24) is 24.7 Å². The summed E-state index contributed by atoms with van der Waals surface area (Å²) in [6, 6.07) is 2.81. The monoisotopic (exact) mass is 383 g/mol. The van der Waals surface area contributed by atoms with E-state index in [0.717, 1.165) is 18.3 Å². The summed E-state index contributed by atoms with van der Waals surface area (Å²) < 4.78 is 42.4. The Hall–Kier alpha value is -2.52. The van der Waals surface area contributed by atoms with E-state index in [1.165, 1.54) is 24.3 Å². The largest absolute Gasteiger partial charge is 0.382 e. The normalized spacial score (nSPS) is 14.8. The molecule has 2 aromatic heterocycles. The second-order valence-corrected chi connectivity index (χ2v) is 6.09. The minimum atomic E-state index is -1.94. The van der Waals surface area contributed by atoms with Gasteiger partial charge in [0.15, 0.2) is 11.0 Å². The van der Waals surface area contributed by atoms with Crippen molar-refractivity contribution in [2.24, 2.45) is 0 Å². The van der Waals surface area contributed by atoms with Crippen LogP contribution in [0.1, 0.15) is 24.2 Å². The van der Waals surface area contributed by atoms with Crippen LogP contribution in [-0.2, 0) is 12.1 Å². The summed E-state index contributed by atoms with van der Waals surface area (Å²) in [5.74, 6) is -3.52. The lowest BCUT2D eigenvalue weighted by atomic mass is 9.81. The summed E-state index contributed by atoms with van der Waals surface area (Å²) in [7, 11) is 0. The molecule has 2 atom stereocenters. The van der Waals surface area contributed by atoms with Gasteiger partial charge in [0.05, 0.1) is 18.7 Å². The Balaban J connectivity index is 2.11. The Bertz CT molecular complexity index is 924. The third kappa shape index (κ3) is 3.40. The molecular formula is C16H13ClF3N5O. The maximum atomic E-state index is 14.4. The third-order valence-electron chi connectivity index (χ3n) is 4.09. The molecule has 2 heterocycles. The van der Waals surface area contributed by atoms with Crippen LogP contribution in [0, 0.1) is 17.5 Å². The maximum Gasteiger partial charge on any atom is 0.178 e. The van der Waals surface area contributed by atoms with E-state index in [1.54, 1.807) is 0 Å². The van der Waals surface area contributed by atoms with Crippen LogP contribution < -0.4 is 0 Å². The Morgan fingerprint density at radius 3 is 2.65 bits per heavy atom. The lowest BCUT2D eigenvalue weighted by Crippen LogP contribution is -2.39. The molecule has 26 heavy (non-hydrogen) atoms. The molecule has 0 saturated heterocycles. The van der Waals surface area contributed by atoms with Crippen molar-refractivity contribution in [3.63, 3.8) is 0 Å². The first kappa shape index (κ1) is 18.3. The molecule has 0 amide bonds. The van der Waals surface area contributed by atoms with Crippen molar-refractivity contribution >= 4 is 11.6 Å². The zero-order valence-electron chi connectivity index (χ0n) is 13.4. The van der Waals surface area contributed by atoms with Crippen molar-refractivity contribution in [2.45, 2.75) is 25.0 Å². The van der Waals surface area contributed by atoms with Crippen molar-refractivity contribution in [2.75, 3.05) is 0 Å². The van der Waals surface area contributed by atoms with Crippen LogP contribution in [0.2, 0.25) is 5.15 Å². The second-order valence-electron chi connectivity index (χ2n) is 5.73. The van der Waals surface area contributed by atoms with Crippen molar-refractivity contribution in [1.29, 1.82) is 0 Å². The minimum Gasteiger partial charge on any atom is -0.382 e. The third-order valence-corrected chi connectivity index (χ3v) is 4.36. The molecule has 1 N–H and O–H groups in total. The summed E-state index contributed by atoms with van der Waals surface area (Å²) in [4.78, 5) is 11.4. The highest BCUT2D eigenvalue weighted by molar-refractivity contribution is 6.29. The van der Waals surface area contributed by atoms with E-state index < -0.39 is 34.1 Å². The Labute approximate surface area is 151 Å². The van der Waals surface area contributed by atoms with Crippen molar-refractivity contribution in [3.05, 3.63) is 71.0 Å². The molecule has 0 radical (unpaired) electrons. The molecule has 0 fully saturated rings. The highest BCUT2D eigenvalue weighted by Crippen LogP contribution is 2.38. The number of benzene rings is 1. The van der Waals surface area contributed by atoms with Crippen molar-refractivity contribution < 1.29 is 18.3 Å².